The van der Waals surface area contributed by atoms with Gasteiger partial charge in [0, 0.05) is 32.2 Å². The van der Waals surface area contributed by atoms with Crippen molar-refractivity contribution in [3.63, 3.8) is 0 Å². The smallest absolute Gasteiger partial charge is 0.410 e. The zero-order chi connectivity index (χ0) is 21.3. The van der Waals surface area contributed by atoms with Crippen LogP contribution < -0.4 is 10.2 Å². The van der Waals surface area contributed by atoms with Gasteiger partial charge in [0.2, 0.25) is 5.91 Å². The Morgan fingerprint density at radius 1 is 1.13 bits per heavy atom. The first kappa shape index (κ1) is 21.6. The molecule has 1 unspecified atom stereocenters. The molecular weight excluding hydrogens is 382 g/mol. The van der Waals surface area contributed by atoms with E-state index in [4.69, 9.17) is 4.74 Å². The molecule has 0 radical (unpaired) electrons. The Bertz CT molecular complexity index is 816. The first-order chi connectivity index (χ1) is 14.5. The molecule has 2 atom stereocenters. The number of aliphatic hydroxyl groups is 1. The highest BCUT2D eigenvalue weighted by molar-refractivity contribution is 5.86. The van der Waals surface area contributed by atoms with E-state index < -0.39 is 18.2 Å². The molecule has 1 saturated heterocycles. The van der Waals surface area contributed by atoms with E-state index in [0.29, 0.717) is 6.54 Å². The summed E-state index contributed by atoms with van der Waals surface area (Å²) < 4.78 is 5.34. The summed E-state index contributed by atoms with van der Waals surface area (Å²) in [7, 11) is 2.01. The number of para-hydroxylation sites is 1. The van der Waals surface area contributed by atoms with E-state index in [1.807, 2.05) is 67.7 Å². The first-order valence-corrected chi connectivity index (χ1v) is 10.2. The molecule has 7 nitrogen and oxygen atoms in total. The van der Waals surface area contributed by atoms with Crippen LogP contribution >= 0.6 is 0 Å². The molecule has 1 aliphatic heterocycles. The Kier molecular flexibility index (Phi) is 7.68. The van der Waals surface area contributed by atoms with Crippen molar-refractivity contribution in [1.29, 1.82) is 0 Å². The van der Waals surface area contributed by atoms with Crippen molar-refractivity contribution in [2.24, 2.45) is 0 Å². The number of nitrogens with zero attached hydrogens (tertiary/aromatic N) is 2. The van der Waals surface area contributed by atoms with E-state index in [9.17, 15) is 14.7 Å². The monoisotopic (exact) mass is 411 g/mol. The van der Waals surface area contributed by atoms with Gasteiger partial charge in [0.25, 0.3) is 0 Å². The van der Waals surface area contributed by atoms with Crippen LogP contribution in [0.25, 0.3) is 0 Å². The van der Waals surface area contributed by atoms with Crippen LogP contribution in [0.3, 0.4) is 0 Å². The number of β-amino-alcohol motifs (C(OH)–C–C–N with tert-alkyl or cyclic N) is 1. The molecule has 7 heteroatoms. The van der Waals surface area contributed by atoms with Crippen LogP contribution in [0.15, 0.2) is 60.7 Å². The van der Waals surface area contributed by atoms with E-state index in [1.54, 1.807) is 0 Å². The second kappa shape index (κ2) is 10.6. The van der Waals surface area contributed by atoms with Crippen molar-refractivity contribution in [2.45, 2.75) is 31.6 Å². The maximum absolute atomic E-state index is 12.6. The van der Waals surface area contributed by atoms with E-state index >= 15 is 0 Å². The van der Waals surface area contributed by atoms with Gasteiger partial charge in [-0.3, -0.25) is 9.69 Å². The van der Waals surface area contributed by atoms with Crippen LogP contribution in [0, 0.1) is 0 Å². The molecule has 0 aromatic heterocycles. The molecule has 0 bridgehead atoms. The fraction of sp³-hybridized carbons (Fsp3) is 0.391. The Labute approximate surface area is 177 Å². The van der Waals surface area contributed by atoms with Crippen molar-refractivity contribution >= 4 is 17.7 Å². The average Bonchev–Trinajstić information content (AvgIpc) is 3.18. The summed E-state index contributed by atoms with van der Waals surface area (Å²) in [6.07, 6.45) is -0.324. The van der Waals surface area contributed by atoms with Gasteiger partial charge in [0.1, 0.15) is 12.6 Å². The van der Waals surface area contributed by atoms with Gasteiger partial charge in [-0.05, 0) is 24.1 Å². The maximum atomic E-state index is 12.6. The van der Waals surface area contributed by atoms with Crippen molar-refractivity contribution in [1.82, 2.24) is 10.2 Å². The number of rotatable bonds is 8. The van der Waals surface area contributed by atoms with Crippen LogP contribution in [0.5, 0.6) is 0 Å². The third-order valence-electron chi connectivity index (χ3n) is 5.19. The van der Waals surface area contributed by atoms with Gasteiger partial charge in [0.15, 0.2) is 0 Å². The average molecular weight is 412 g/mol. The number of nitrogens with one attached hydrogen (secondary N) is 1. The Hall–Kier alpha value is -3.06. The molecule has 1 heterocycles. The normalized spacial score (nSPS) is 18.1. The number of carbonyl (C=O) groups excluding carboxylic acids is 2. The SMILES string of the molecule is CN(CCCNC(=O)C1C[C@@H](O)CN1C(=O)OCc1ccccc1)c1ccccc1. The van der Waals surface area contributed by atoms with Gasteiger partial charge >= 0.3 is 6.09 Å². The summed E-state index contributed by atoms with van der Waals surface area (Å²) in [4.78, 5) is 28.5. The fourth-order valence-corrected chi connectivity index (χ4v) is 3.52. The molecule has 0 aliphatic carbocycles. The topological polar surface area (TPSA) is 82.1 Å². The minimum atomic E-state index is -0.728. The fourth-order valence-electron chi connectivity index (χ4n) is 3.52. The summed E-state index contributed by atoms with van der Waals surface area (Å²) in [6.45, 7) is 1.52. The number of hydrogen-bond acceptors (Lipinski definition) is 5. The number of benzene rings is 2. The lowest BCUT2D eigenvalue weighted by Crippen LogP contribution is -2.46. The number of carbonyl (C=O) groups is 2. The lowest BCUT2D eigenvalue weighted by Gasteiger charge is -2.23. The molecule has 30 heavy (non-hydrogen) atoms. The van der Waals surface area contributed by atoms with Gasteiger partial charge in [-0.1, -0.05) is 48.5 Å². The van der Waals surface area contributed by atoms with Crippen LogP contribution in [0.2, 0.25) is 0 Å². The van der Waals surface area contributed by atoms with E-state index in [0.717, 1.165) is 24.2 Å². The summed E-state index contributed by atoms with van der Waals surface area (Å²) >= 11 is 0. The molecule has 2 N–H and O–H groups in total. The number of ether oxygens (including phenoxy) is 1. The van der Waals surface area contributed by atoms with E-state index in [-0.39, 0.29) is 25.5 Å². The largest absolute Gasteiger partial charge is 0.445 e. The minimum absolute atomic E-state index is 0.0997. The van der Waals surface area contributed by atoms with Gasteiger partial charge in [0.05, 0.1) is 12.6 Å². The van der Waals surface area contributed by atoms with Gasteiger partial charge in [-0.25, -0.2) is 4.79 Å². The van der Waals surface area contributed by atoms with Crippen LogP contribution in [0.1, 0.15) is 18.4 Å². The second-order valence-electron chi connectivity index (χ2n) is 7.50. The molecule has 3 rings (SSSR count). The number of anilines is 1. The Morgan fingerprint density at radius 3 is 2.50 bits per heavy atom. The summed E-state index contributed by atoms with van der Waals surface area (Å²) in [6, 6.07) is 18.7. The lowest BCUT2D eigenvalue weighted by molar-refractivity contribution is -0.125. The summed E-state index contributed by atoms with van der Waals surface area (Å²) in [5.74, 6) is -0.259. The zero-order valence-corrected chi connectivity index (χ0v) is 17.2. The highest BCUT2D eigenvalue weighted by Gasteiger charge is 2.39. The first-order valence-electron chi connectivity index (χ1n) is 10.2. The van der Waals surface area contributed by atoms with Crippen molar-refractivity contribution in [3.8, 4) is 0 Å². The summed E-state index contributed by atoms with van der Waals surface area (Å²) in [5, 5.41) is 12.9. The Morgan fingerprint density at radius 2 is 1.80 bits per heavy atom. The standard InChI is InChI=1S/C23H29N3O4/c1-25(19-11-6-3-7-12-19)14-8-13-24-22(28)21-15-20(27)16-26(21)23(29)30-17-18-9-4-2-5-10-18/h2-7,9-12,20-21,27H,8,13-17H2,1H3,(H,24,28)/t20-,21?/m1/s1. The Balaban J connectivity index is 1.44. The zero-order valence-electron chi connectivity index (χ0n) is 17.2. The molecule has 2 amide bonds. The highest BCUT2D eigenvalue weighted by atomic mass is 16.6. The van der Waals surface area contributed by atoms with Gasteiger partial charge < -0.3 is 20.1 Å². The third kappa shape index (κ3) is 5.97. The maximum Gasteiger partial charge on any atom is 0.410 e. The number of likely N-dealkylation sites (tertiary alicyclic amines) is 1. The minimum Gasteiger partial charge on any atom is -0.445 e. The molecule has 2 aromatic rings. The quantitative estimate of drug-likeness (QED) is 0.652. The molecule has 2 aromatic carbocycles. The molecule has 160 valence electrons. The van der Waals surface area contributed by atoms with Gasteiger partial charge in [-0.2, -0.15) is 0 Å². The van der Waals surface area contributed by atoms with E-state index in [2.05, 4.69) is 10.2 Å². The van der Waals surface area contributed by atoms with Crippen molar-refractivity contribution in [3.05, 3.63) is 66.2 Å². The predicted molar refractivity (Wildman–Crippen MR) is 115 cm³/mol. The molecule has 0 saturated carbocycles. The van der Waals surface area contributed by atoms with Crippen LogP contribution in [-0.2, 0) is 16.1 Å². The molecule has 1 fully saturated rings. The molecular formula is C23H29N3O4. The number of aliphatic hydroxyl groups excluding tert-OH is 1. The number of hydrogen-bond donors (Lipinski definition) is 2. The number of amides is 2. The predicted octanol–water partition coefficient (Wildman–Crippen LogP) is 2.40. The van der Waals surface area contributed by atoms with Crippen LogP contribution in [-0.4, -0.2) is 60.8 Å². The van der Waals surface area contributed by atoms with E-state index in [1.165, 1.54) is 4.90 Å². The lowest BCUT2D eigenvalue weighted by atomic mass is 10.2. The van der Waals surface area contributed by atoms with Crippen LogP contribution in [0.4, 0.5) is 10.5 Å². The molecule has 0 spiro atoms. The van der Waals surface area contributed by atoms with Gasteiger partial charge in [-0.15, -0.1) is 0 Å². The molecule has 1 aliphatic rings. The van der Waals surface area contributed by atoms with Crippen molar-refractivity contribution < 1.29 is 19.4 Å². The highest BCUT2D eigenvalue weighted by Crippen LogP contribution is 2.20. The third-order valence-corrected chi connectivity index (χ3v) is 5.19. The summed E-state index contributed by atoms with van der Waals surface area (Å²) in [5.41, 5.74) is 1.99. The van der Waals surface area contributed by atoms with Crippen molar-refractivity contribution in [2.75, 3.05) is 31.6 Å². The second-order valence-corrected chi connectivity index (χ2v) is 7.50.